The predicted octanol–water partition coefficient (Wildman–Crippen LogP) is 3.16. The molecule has 0 aliphatic heterocycles. The summed E-state index contributed by atoms with van der Waals surface area (Å²) in [6.07, 6.45) is 10.1. The summed E-state index contributed by atoms with van der Waals surface area (Å²) in [6, 6.07) is 0.364. The van der Waals surface area contributed by atoms with Gasteiger partial charge in [0.05, 0.1) is 5.69 Å². The van der Waals surface area contributed by atoms with Crippen LogP contribution in [-0.4, -0.2) is 15.8 Å². The zero-order valence-electron chi connectivity index (χ0n) is 13.7. The van der Waals surface area contributed by atoms with Crippen LogP contribution in [-0.2, 0) is 13.5 Å². The molecule has 0 radical (unpaired) electrons. The van der Waals surface area contributed by atoms with Crippen LogP contribution in [0, 0.1) is 13.8 Å². The normalized spacial score (nSPS) is 12.8. The summed E-state index contributed by atoms with van der Waals surface area (Å²) in [6.45, 7) is 6.47. The van der Waals surface area contributed by atoms with Gasteiger partial charge in [0.1, 0.15) is 0 Å². The minimum absolute atomic E-state index is 0.364. The maximum absolute atomic E-state index is 5.71. The van der Waals surface area contributed by atoms with Crippen LogP contribution in [0.5, 0.6) is 0 Å². The van der Waals surface area contributed by atoms with Gasteiger partial charge in [0.25, 0.3) is 0 Å². The standard InChI is InChI=1S/C16H32N4/c1-5-6-7-8-9-10-11-15(18-17)12-16-13(2)19-20(4)14(16)3/h15,18H,5-12,17H2,1-4H3. The van der Waals surface area contributed by atoms with Crippen LogP contribution in [0.2, 0.25) is 0 Å². The monoisotopic (exact) mass is 280 g/mol. The molecule has 3 N–H and O–H groups in total. The number of unbranched alkanes of at least 4 members (excludes halogenated alkanes) is 5. The van der Waals surface area contributed by atoms with Gasteiger partial charge in [-0.2, -0.15) is 5.10 Å². The van der Waals surface area contributed by atoms with E-state index in [0.29, 0.717) is 6.04 Å². The van der Waals surface area contributed by atoms with E-state index in [9.17, 15) is 0 Å². The number of nitrogens with two attached hydrogens (primary N) is 1. The number of nitrogens with zero attached hydrogens (tertiary/aromatic N) is 2. The smallest absolute Gasteiger partial charge is 0.0628 e. The SMILES string of the molecule is CCCCCCCCC(Cc1c(C)nn(C)c1C)NN. The molecule has 0 aliphatic rings. The summed E-state index contributed by atoms with van der Waals surface area (Å²) in [5.41, 5.74) is 6.72. The molecule has 1 aromatic rings. The molecule has 0 saturated carbocycles. The van der Waals surface area contributed by atoms with Gasteiger partial charge in [0.15, 0.2) is 0 Å². The van der Waals surface area contributed by atoms with Crippen LogP contribution in [0.1, 0.15) is 68.8 Å². The van der Waals surface area contributed by atoms with Crippen LogP contribution >= 0.6 is 0 Å². The maximum Gasteiger partial charge on any atom is 0.0628 e. The Morgan fingerprint density at radius 3 is 2.35 bits per heavy atom. The topological polar surface area (TPSA) is 55.9 Å². The lowest BCUT2D eigenvalue weighted by atomic mass is 9.99. The first-order chi connectivity index (χ1) is 9.60. The highest BCUT2D eigenvalue weighted by Crippen LogP contribution is 2.17. The maximum atomic E-state index is 5.71. The summed E-state index contributed by atoms with van der Waals surface area (Å²) in [5, 5.41) is 4.48. The number of rotatable bonds is 10. The molecule has 0 aliphatic carbocycles. The molecular weight excluding hydrogens is 248 g/mol. The molecular formula is C16H32N4. The van der Waals surface area contributed by atoms with Crippen LogP contribution < -0.4 is 11.3 Å². The van der Waals surface area contributed by atoms with Gasteiger partial charge in [-0.15, -0.1) is 0 Å². The largest absolute Gasteiger partial charge is 0.272 e. The Morgan fingerprint density at radius 2 is 1.80 bits per heavy atom. The number of hydrogen-bond acceptors (Lipinski definition) is 3. The Kier molecular flexibility index (Phi) is 7.85. The van der Waals surface area contributed by atoms with Crippen LogP contribution in [0.4, 0.5) is 0 Å². The van der Waals surface area contributed by atoms with Gasteiger partial charge >= 0.3 is 0 Å². The highest BCUT2D eigenvalue weighted by atomic mass is 15.3. The zero-order valence-corrected chi connectivity index (χ0v) is 13.7. The average Bonchev–Trinajstić information content (AvgIpc) is 2.67. The first kappa shape index (κ1) is 17.2. The molecule has 1 rings (SSSR count). The van der Waals surface area contributed by atoms with Crippen LogP contribution in [0.25, 0.3) is 0 Å². The van der Waals surface area contributed by atoms with Crippen LogP contribution in [0.15, 0.2) is 0 Å². The summed E-state index contributed by atoms with van der Waals surface area (Å²) in [4.78, 5) is 0. The Balaban J connectivity index is 2.35. The van der Waals surface area contributed by atoms with E-state index in [1.165, 1.54) is 49.8 Å². The number of hydrazine groups is 1. The molecule has 1 aromatic heterocycles. The van der Waals surface area contributed by atoms with E-state index in [-0.39, 0.29) is 0 Å². The second-order valence-corrected chi connectivity index (χ2v) is 5.90. The summed E-state index contributed by atoms with van der Waals surface area (Å²) in [5.74, 6) is 5.71. The van der Waals surface area contributed by atoms with Gasteiger partial charge in [-0.25, -0.2) is 0 Å². The lowest BCUT2D eigenvalue weighted by molar-refractivity contribution is 0.458. The molecule has 0 amide bonds. The van der Waals surface area contributed by atoms with E-state index in [4.69, 9.17) is 5.84 Å². The fourth-order valence-electron chi connectivity index (χ4n) is 2.77. The second kappa shape index (κ2) is 9.14. The summed E-state index contributed by atoms with van der Waals surface area (Å²) in [7, 11) is 2.00. The molecule has 1 unspecified atom stereocenters. The summed E-state index contributed by atoms with van der Waals surface area (Å²) < 4.78 is 1.96. The van der Waals surface area contributed by atoms with Crippen molar-refractivity contribution >= 4 is 0 Å². The lowest BCUT2D eigenvalue weighted by Gasteiger charge is -2.16. The van der Waals surface area contributed by atoms with Crippen LogP contribution in [0.3, 0.4) is 0 Å². The zero-order chi connectivity index (χ0) is 15.0. The third kappa shape index (κ3) is 5.25. The van der Waals surface area contributed by atoms with Gasteiger partial charge < -0.3 is 0 Å². The average molecular weight is 280 g/mol. The van der Waals surface area contributed by atoms with Crippen molar-refractivity contribution in [1.29, 1.82) is 0 Å². The molecule has 0 saturated heterocycles. The van der Waals surface area contributed by atoms with E-state index in [0.717, 1.165) is 18.5 Å². The van der Waals surface area contributed by atoms with Crippen molar-refractivity contribution in [2.75, 3.05) is 0 Å². The third-order valence-electron chi connectivity index (χ3n) is 4.25. The van der Waals surface area contributed by atoms with E-state index < -0.39 is 0 Å². The summed E-state index contributed by atoms with van der Waals surface area (Å²) >= 11 is 0. The highest BCUT2D eigenvalue weighted by Gasteiger charge is 2.14. The fraction of sp³-hybridized carbons (Fsp3) is 0.812. The lowest BCUT2D eigenvalue weighted by Crippen LogP contribution is -2.37. The van der Waals surface area contributed by atoms with E-state index in [2.05, 4.69) is 31.3 Å². The van der Waals surface area contributed by atoms with Gasteiger partial charge in [0, 0.05) is 18.8 Å². The fourth-order valence-corrected chi connectivity index (χ4v) is 2.77. The first-order valence-corrected chi connectivity index (χ1v) is 8.05. The number of aromatic nitrogens is 2. The Labute approximate surface area is 124 Å². The van der Waals surface area contributed by atoms with Crippen molar-refractivity contribution in [2.24, 2.45) is 12.9 Å². The van der Waals surface area contributed by atoms with E-state index in [1.54, 1.807) is 0 Å². The molecule has 1 heterocycles. The molecule has 0 spiro atoms. The molecule has 20 heavy (non-hydrogen) atoms. The van der Waals surface area contributed by atoms with Gasteiger partial charge in [-0.3, -0.25) is 16.0 Å². The Hall–Kier alpha value is -0.870. The van der Waals surface area contributed by atoms with E-state index >= 15 is 0 Å². The molecule has 116 valence electrons. The van der Waals surface area contributed by atoms with Crippen molar-refractivity contribution in [2.45, 2.75) is 78.2 Å². The van der Waals surface area contributed by atoms with Crippen molar-refractivity contribution < 1.29 is 0 Å². The van der Waals surface area contributed by atoms with Crippen molar-refractivity contribution in [3.8, 4) is 0 Å². The third-order valence-corrected chi connectivity index (χ3v) is 4.25. The minimum Gasteiger partial charge on any atom is -0.272 e. The Bertz CT molecular complexity index is 384. The molecule has 0 bridgehead atoms. The number of aryl methyl sites for hydroxylation is 2. The molecule has 4 heteroatoms. The van der Waals surface area contributed by atoms with Gasteiger partial charge in [0.2, 0.25) is 0 Å². The van der Waals surface area contributed by atoms with Crippen molar-refractivity contribution in [3.05, 3.63) is 17.0 Å². The quantitative estimate of drug-likeness (QED) is 0.393. The van der Waals surface area contributed by atoms with Crippen molar-refractivity contribution in [3.63, 3.8) is 0 Å². The molecule has 1 atom stereocenters. The van der Waals surface area contributed by atoms with E-state index in [1.807, 2.05) is 11.7 Å². The predicted molar refractivity (Wildman–Crippen MR) is 85.5 cm³/mol. The molecule has 0 aromatic carbocycles. The number of hydrogen-bond donors (Lipinski definition) is 2. The molecule has 0 fully saturated rings. The van der Waals surface area contributed by atoms with Gasteiger partial charge in [-0.05, 0) is 32.3 Å². The minimum atomic E-state index is 0.364. The first-order valence-electron chi connectivity index (χ1n) is 8.05. The number of nitrogens with one attached hydrogen (secondary N) is 1. The Morgan fingerprint density at radius 1 is 1.15 bits per heavy atom. The van der Waals surface area contributed by atoms with Crippen molar-refractivity contribution in [1.82, 2.24) is 15.2 Å². The second-order valence-electron chi connectivity index (χ2n) is 5.90. The highest BCUT2D eigenvalue weighted by molar-refractivity contribution is 5.25. The van der Waals surface area contributed by atoms with Gasteiger partial charge in [-0.1, -0.05) is 45.4 Å². The molecule has 4 nitrogen and oxygen atoms in total.